The van der Waals surface area contributed by atoms with Crippen molar-refractivity contribution < 1.29 is 17.6 Å². The van der Waals surface area contributed by atoms with Crippen LogP contribution in [0.1, 0.15) is 39.4 Å². The number of aryl methyl sites for hydroxylation is 2. The van der Waals surface area contributed by atoms with Gasteiger partial charge in [0.15, 0.2) is 0 Å². The average Bonchev–Trinajstić information content (AvgIpc) is 3.11. The molecule has 2 atom stereocenters. The van der Waals surface area contributed by atoms with Crippen molar-refractivity contribution in [1.82, 2.24) is 4.90 Å². The molecule has 6 nitrogen and oxygen atoms in total. The minimum absolute atomic E-state index is 0.0134. The molecule has 2 aliphatic rings. The van der Waals surface area contributed by atoms with Gasteiger partial charge in [0.25, 0.3) is 15.9 Å². The second-order valence-electron chi connectivity index (χ2n) is 9.52. The molecule has 1 N–H and O–H groups in total. The van der Waals surface area contributed by atoms with Gasteiger partial charge < -0.3 is 9.80 Å². The van der Waals surface area contributed by atoms with Crippen LogP contribution in [-0.4, -0.2) is 45.4 Å². The number of hydrogen-bond acceptors (Lipinski definition) is 4. The Hall–Kier alpha value is -3.23. The van der Waals surface area contributed by atoms with E-state index in [4.69, 9.17) is 0 Å². The van der Waals surface area contributed by atoms with Crippen LogP contribution >= 0.6 is 0 Å². The number of hydrogen-bond donors (Lipinski definition) is 1. The molecule has 0 radical (unpaired) electrons. The van der Waals surface area contributed by atoms with E-state index in [9.17, 15) is 17.6 Å². The predicted molar refractivity (Wildman–Crippen MR) is 135 cm³/mol. The third-order valence-electron chi connectivity index (χ3n) is 7.00. The molecule has 0 spiro atoms. The van der Waals surface area contributed by atoms with Crippen molar-refractivity contribution >= 4 is 27.3 Å². The second kappa shape index (κ2) is 8.77. The Morgan fingerprint density at radius 3 is 2.60 bits per heavy atom. The van der Waals surface area contributed by atoms with E-state index in [0.717, 1.165) is 42.4 Å². The Morgan fingerprint density at radius 2 is 1.83 bits per heavy atom. The van der Waals surface area contributed by atoms with Gasteiger partial charge in [0.05, 0.1) is 16.1 Å². The predicted octanol–water partition coefficient (Wildman–Crippen LogP) is 4.69. The topological polar surface area (TPSA) is 69.7 Å². The summed E-state index contributed by atoms with van der Waals surface area (Å²) in [5, 5.41) is 0. The van der Waals surface area contributed by atoms with E-state index in [-0.39, 0.29) is 34.0 Å². The number of sulfonamides is 1. The molecule has 0 unspecified atom stereocenters. The zero-order chi connectivity index (χ0) is 24.9. The van der Waals surface area contributed by atoms with Crippen molar-refractivity contribution in [2.45, 2.75) is 37.1 Å². The maximum atomic E-state index is 14.0. The molecule has 35 heavy (non-hydrogen) atoms. The Bertz CT molecular complexity index is 1420. The number of likely N-dealkylation sites (tertiary alicyclic amines) is 1. The second-order valence-corrected chi connectivity index (χ2v) is 11.2. The minimum Gasteiger partial charge on any atom is -0.306 e. The van der Waals surface area contributed by atoms with Crippen LogP contribution in [0.15, 0.2) is 65.6 Å². The highest BCUT2D eigenvalue weighted by molar-refractivity contribution is 7.92. The molecule has 3 aromatic rings. The van der Waals surface area contributed by atoms with Crippen LogP contribution in [0.2, 0.25) is 0 Å². The largest absolute Gasteiger partial charge is 0.306 e. The number of anilines is 2. The Labute approximate surface area is 205 Å². The van der Waals surface area contributed by atoms with Crippen LogP contribution < -0.4 is 9.62 Å². The van der Waals surface area contributed by atoms with Gasteiger partial charge in [0, 0.05) is 24.2 Å². The monoisotopic (exact) mass is 493 g/mol. The number of carbonyl (C=O) groups is 1. The van der Waals surface area contributed by atoms with Crippen LogP contribution in [0, 0.1) is 19.7 Å². The summed E-state index contributed by atoms with van der Waals surface area (Å²) >= 11 is 0. The lowest BCUT2D eigenvalue weighted by atomic mass is 9.88. The molecular formula is C27H28FN3O3S. The minimum atomic E-state index is -4.03. The fourth-order valence-electron chi connectivity index (χ4n) is 5.35. The maximum Gasteiger partial charge on any atom is 0.262 e. The van der Waals surface area contributed by atoms with E-state index in [1.54, 1.807) is 24.3 Å². The lowest BCUT2D eigenvalue weighted by Crippen LogP contribution is -2.47. The molecule has 2 aliphatic heterocycles. The summed E-state index contributed by atoms with van der Waals surface area (Å²) in [6.07, 6.45) is 0.837. The number of rotatable bonds is 4. The number of benzene rings is 3. The summed E-state index contributed by atoms with van der Waals surface area (Å²) < 4.78 is 42.4. The summed E-state index contributed by atoms with van der Waals surface area (Å²) in [6, 6.07) is 16.3. The van der Waals surface area contributed by atoms with E-state index in [0.29, 0.717) is 5.56 Å². The number of amides is 1. The van der Waals surface area contributed by atoms with Crippen LogP contribution in [0.5, 0.6) is 0 Å². The summed E-state index contributed by atoms with van der Waals surface area (Å²) in [6.45, 7) is 5.34. The quantitative estimate of drug-likeness (QED) is 0.573. The molecule has 0 bridgehead atoms. The fraction of sp³-hybridized carbons (Fsp3) is 0.296. The number of halogens is 1. The fourth-order valence-corrected chi connectivity index (χ4v) is 6.66. The zero-order valence-corrected chi connectivity index (χ0v) is 20.8. The highest BCUT2D eigenvalue weighted by Gasteiger charge is 2.44. The van der Waals surface area contributed by atoms with Crippen LogP contribution in [0.25, 0.3) is 0 Å². The first-order valence-electron chi connectivity index (χ1n) is 11.7. The van der Waals surface area contributed by atoms with Gasteiger partial charge in [-0.25, -0.2) is 12.8 Å². The number of likely N-dealkylation sites (N-methyl/N-ethyl adjacent to an activating group) is 1. The Kier molecular flexibility index (Phi) is 5.89. The summed E-state index contributed by atoms with van der Waals surface area (Å²) in [7, 11) is -1.94. The van der Waals surface area contributed by atoms with Gasteiger partial charge in [0.1, 0.15) is 5.82 Å². The van der Waals surface area contributed by atoms with Gasteiger partial charge in [-0.05, 0) is 81.4 Å². The number of fused-ring (bicyclic) bond motifs is 3. The van der Waals surface area contributed by atoms with Gasteiger partial charge in [-0.2, -0.15) is 0 Å². The molecule has 3 aromatic carbocycles. The molecule has 1 saturated heterocycles. The van der Waals surface area contributed by atoms with E-state index in [1.165, 1.54) is 19.1 Å². The Morgan fingerprint density at radius 1 is 1.06 bits per heavy atom. The molecule has 2 heterocycles. The molecule has 1 fully saturated rings. The molecule has 0 saturated carbocycles. The standard InChI is InChI=1S/C27H28FN3O3S/c1-17-8-10-24-21(14-17)22-16-30(3)13-12-25(22)31(24)27(32)20-6-4-5-7-23(20)29-35(33,34)26-11-9-19(28)15-18(26)2/h4-11,14-15,22,25,29H,12-13,16H2,1-3H3/t22-,25+/m1/s1. The highest BCUT2D eigenvalue weighted by atomic mass is 32.2. The van der Waals surface area contributed by atoms with Crippen LogP contribution in [0.3, 0.4) is 0 Å². The number of nitrogens with one attached hydrogen (secondary N) is 1. The number of piperidine rings is 1. The van der Waals surface area contributed by atoms with Crippen molar-refractivity contribution in [2.75, 3.05) is 29.8 Å². The lowest BCUT2D eigenvalue weighted by molar-refractivity contribution is 0.0965. The van der Waals surface area contributed by atoms with Crippen molar-refractivity contribution in [1.29, 1.82) is 0 Å². The van der Waals surface area contributed by atoms with E-state index >= 15 is 0 Å². The first-order chi connectivity index (χ1) is 16.7. The van der Waals surface area contributed by atoms with Crippen molar-refractivity contribution in [3.8, 4) is 0 Å². The van der Waals surface area contributed by atoms with Crippen LogP contribution in [0.4, 0.5) is 15.8 Å². The summed E-state index contributed by atoms with van der Waals surface area (Å²) in [4.78, 5) is 18.1. The Balaban J connectivity index is 1.53. The van der Waals surface area contributed by atoms with Crippen molar-refractivity contribution in [3.63, 3.8) is 0 Å². The smallest absolute Gasteiger partial charge is 0.262 e. The van der Waals surface area contributed by atoms with Gasteiger partial charge in [-0.3, -0.25) is 9.52 Å². The molecule has 1 amide bonds. The third kappa shape index (κ3) is 4.21. The first-order valence-corrected chi connectivity index (χ1v) is 13.1. The molecule has 0 aliphatic carbocycles. The molecule has 5 rings (SSSR count). The van der Waals surface area contributed by atoms with Gasteiger partial charge in [-0.1, -0.05) is 29.8 Å². The summed E-state index contributed by atoms with van der Waals surface area (Å²) in [5.41, 5.74) is 3.97. The van der Waals surface area contributed by atoms with Crippen molar-refractivity contribution in [2.24, 2.45) is 0 Å². The zero-order valence-electron chi connectivity index (χ0n) is 20.0. The average molecular weight is 494 g/mol. The molecular weight excluding hydrogens is 465 g/mol. The molecule has 8 heteroatoms. The van der Waals surface area contributed by atoms with Gasteiger partial charge in [-0.15, -0.1) is 0 Å². The third-order valence-corrected chi connectivity index (χ3v) is 8.53. The lowest BCUT2D eigenvalue weighted by Gasteiger charge is -2.36. The number of nitrogens with zero attached hydrogens (tertiary/aromatic N) is 2. The number of para-hydroxylation sites is 1. The van der Waals surface area contributed by atoms with Crippen LogP contribution in [-0.2, 0) is 10.0 Å². The van der Waals surface area contributed by atoms with Crippen molar-refractivity contribution in [3.05, 3.63) is 88.7 Å². The van der Waals surface area contributed by atoms with E-state index in [2.05, 4.69) is 22.7 Å². The normalized spacial score (nSPS) is 19.8. The van der Waals surface area contributed by atoms with E-state index < -0.39 is 15.8 Å². The van der Waals surface area contributed by atoms with E-state index in [1.807, 2.05) is 24.0 Å². The molecule has 0 aromatic heterocycles. The van der Waals surface area contributed by atoms with Gasteiger partial charge in [0.2, 0.25) is 0 Å². The maximum absolute atomic E-state index is 14.0. The first kappa shape index (κ1) is 23.5. The van der Waals surface area contributed by atoms with Gasteiger partial charge >= 0.3 is 0 Å². The molecule has 182 valence electrons. The number of carbonyl (C=O) groups excluding carboxylic acids is 1. The highest BCUT2D eigenvalue weighted by Crippen LogP contribution is 2.46. The SMILES string of the molecule is Cc1ccc2c(c1)[C@H]1CN(C)CC[C@@H]1N2C(=O)c1ccccc1NS(=O)(=O)c1ccc(F)cc1C. The summed E-state index contributed by atoms with van der Waals surface area (Å²) in [5.74, 6) is -0.535.